The van der Waals surface area contributed by atoms with E-state index in [0.717, 1.165) is 0 Å². The molecule has 10 heavy (non-hydrogen) atoms. The minimum absolute atomic E-state index is 0.0810. The Morgan fingerprint density at radius 1 is 1.50 bits per heavy atom. The third-order valence-corrected chi connectivity index (χ3v) is 0.917. The molecule has 0 aromatic heterocycles. The average molecular weight is 142 g/mol. The third kappa shape index (κ3) is 5.38. The molecule has 0 aliphatic rings. The summed E-state index contributed by atoms with van der Waals surface area (Å²) < 4.78 is 10.1. The molecule has 0 aromatic carbocycles. The minimum atomic E-state index is 0.0810. The summed E-state index contributed by atoms with van der Waals surface area (Å²) in [6.45, 7) is 10.0. The van der Waals surface area contributed by atoms with Crippen LogP contribution in [0.1, 0.15) is 6.92 Å². The van der Waals surface area contributed by atoms with Crippen molar-refractivity contribution < 1.29 is 9.47 Å². The van der Waals surface area contributed by atoms with Gasteiger partial charge in [0, 0.05) is 0 Å². The van der Waals surface area contributed by atoms with Gasteiger partial charge in [-0.25, -0.2) is 0 Å². The van der Waals surface area contributed by atoms with Gasteiger partial charge in [0.2, 0.25) is 0 Å². The van der Waals surface area contributed by atoms with Crippen molar-refractivity contribution in [3.05, 3.63) is 25.5 Å². The first-order chi connectivity index (χ1) is 4.81. The maximum Gasteiger partial charge on any atom is 0.118 e. The quantitative estimate of drug-likeness (QED) is 0.319. The van der Waals surface area contributed by atoms with E-state index in [1.807, 2.05) is 6.92 Å². The summed E-state index contributed by atoms with van der Waals surface area (Å²) >= 11 is 0. The van der Waals surface area contributed by atoms with Gasteiger partial charge in [0.25, 0.3) is 0 Å². The molecule has 0 saturated carbocycles. The van der Waals surface area contributed by atoms with E-state index in [0.29, 0.717) is 13.2 Å². The zero-order chi connectivity index (χ0) is 7.82. The predicted molar refractivity (Wildman–Crippen MR) is 41.8 cm³/mol. The van der Waals surface area contributed by atoms with Gasteiger partial charge in [-0.3, -0.25) is 0 Å². The lowest BCUT2D eigenvalue weighted by Crippen LogP contribution is -2.12. The minimum Gasteiger partial charge on any atom is -0.497 e. The van der Waals surface area contributed by atoms with Crippen molar-refractivity contribution >= 4 is 0 Å². The van der Waals surface area contributed by atoms with Crippen LogP contribution in [0.15, 0.2) is 25.5 Å². The van der Waals surface area contributed by atoms with Gasteiger partial charge in [-0.05, 0) is 6.92 Å². The van der Waals surface area contributed by atoms with Crippen LogP contribution in [0.25, 0.3) is 0 Å². The second kappa shape index (κ2) is 6.36. The van der Waals surface area contributed by atoms with Crippen LogP contribution in [0.4, 0.5) is 0 Å². The van der Waals surface area contributed by atoms with Crippen molar-refractivity contribution in [1.29, 1.82) is 0 Å². The Morgan fingerprint density at radius 3 is 2.70 bits per heavy atom. The Hall–Kier alpha value is -0.760. The summed E-state index contributed by atoms with van der Waals surface area (Å²) in [5, 5.41) is 0. The van der Waals surface area contributed by atoms with Crippen molar-refractivity contribution in [1.82, 2.24) is 0 Å². The third-order valence-electron chi connectivity index (χ3n) is 0.917. The Bertz CT molecular complexity index is 99.4. The van der Waals surface area contributed by atoms with Crippen LogP contribution in [0.5, 0.6) is 0 Å². The summed E-state index contributed by atoms with van der Waals surface area (Å²) in [6.07, 6.45) is 3.21. The molecule has 2 heteroatoms. The van der Waals surface area contributed by atoms with Crippen molar-refractivity contribution in [3.63, 3.8) is 0 Å². The Labute approximate surface area is 62.1 Å². The van der Waals surface area contributed by atoms with Crippen LogP contribution in [0, 0.1) is 0 Å². The Balaban J connectivity index is 3.11. The highest BCUT2D eigenvalue weighted by molar-refractivity contribution is 4.64. The molecular weight excluding hydrogens is 128 g/mol. The lowest BCUT2D eigenvalue weighted by molar-refractivity contribution is 0.0492. The molecule has 0 N–H and O–H groups in total. The topological polar surface area (TPSA) is 18.5 Å². The smallest absolute Gasteiger partial charge is 0.118 e. The first kappa shape index (κ1) is 9.24. The molecule has 0 bridgehead atoms. The normalized spacial score (nSPS) is 12.1. The number of ether oxygens (including phenoxy) is 2. The highest BCUT2D eigenvalue weighted by Gasteiger charge is 1.97. The highest BCUT2D eigenvalue weighted by atomic mass is 16.5. The number of hydrogen-bond donors (Lipinski definition) is 0. The monoisotopic (exact) mass is 142 g/mol. The average Bonchev–Trinajstić information content (AvgIpc) is 1.89. The highest BCUT2D eigenvalue weighted by Crippen LogP contribution is 1.91. The molecule has 0 aliphatic carbocycles. The molecule has 0 aliphatic heterocycles. The van der Waals surface area contributed by atoms with Crippen molar-refractivity contribution in [2.45, 2.75) is 13.0 Å². The van der Waals surface area contributed by atoms with Crippen LogP contribution in [-0.4, -0.2) is 19.3 Å². The largest absolute Gasteiger partial charge is 0.497 e. The molecule has 1 unspecified atom stereocenters. The molecule has 0 heterocycles. The second-order valence-corrected chi connectivity index (χ2v) is 1.94. The van der Waals surface area contributed by atoms with Gasteiger partial charge < -0.3 is 9.47 Å². The van der Waals surface area contributed by atoms with Crippen molar-refractivity contribution in [2.75, 3.05) is 13.2 Å². The van der Waals surface area contributed by atoms with E-state index in [1.165, 1.54) is 6.26 Å². The SMILES string of the molecule is C=CCOCC(C)OC=C. The van der Waals surface area contributed by atoms with E-state index in [1.54, 1.807) is 6.08 Å². The predicted octanol–water partition coefficient (Wildman–Crippen LogP) is 1.74. The molecule has 0 fully saturated rings. The molecule has 0 aromatic rings. The first-order valence-corrected chi connectivity index (χ1v) is 3.26. The van der Waals surface area contributed by atoms with Crippen LogP contribution in [-0.2, 0) is 9.47 Å². The Morgan fingerprint density at radius 2 is 2.20 bits per heavy atom. The van der Waals surface area contributed by atoms with Gasteiger partial charge in [-0.1, -0.05) is 12.7 Å². The second-order valence-electron chi connectivity index (χ2n) is 1.94. The van der Waals surface area contributed by atoms with Crippen LogP contribution < -0.4 is 0 Å². The molecular formula is C8H14O2. The first-order valence-electron chi connectivity index (χ1n) is 3.26. The maximum absolute atomic E-state index is 5.11. The summed E-state index contributed by atoms with van der Waals surface area (Å²) in [5.41, 5.74) is 0. The summed E-state index contributed by atoms with van der Waals surface area (Å²) in [4.78, 5) is 0. The van der Waals surface area contributed by atoms with Gasteiger partial charge in [-0.15, -0.1) is 6.58 Å². The molecule has 0 saturated heterocycles. The summed E-state index contributed by atoms with van der Waals surface area (Å²) in [6, 6.07) is 0. The molecule has 2 nitrogen and oxygen atoms in total. The summed E-state index contributed by atoms with van der Waals surface area (Å²) in [7, 11) is 0. The van der Waals surface area contributed by atoms with E-state index in [9.17, 15) is 0 Å². The zero-order valence-corrected chi connectivity index (χ0v) is 6.38. The van der Waals surface area contributed by atoms with Gasteiger partial charge >= 0.3 is 0 Å². The molecule has 0 rings (SSSR count). The van der Waals surface area contributed by atoms with Gasteiger partial charge in [0.05, 0.1) is 19.5 Å². The van der Waals surface area contributed by atoms with Crippen LogP contribution in [0.3, 0.4) is 0 Å². The van der Waals surface area contributed by atoms with Crippen molar-refractivity contribution in [3.8, 4) is 0 Å². The van der Waals surface area contributed by atoms with E-state index < -0.39 is 0 Å². The number of rotatable bonds is 6. The van der Waals surface area contributed by atoms with Crippen LogP contribution in [0.2, 0.25) is 0 Å². The van der Waals surface area contributed by atoms with Crippen molar-refractivity contribution in [2.24, 2.45) is 0 Å². The summed E-state index contributed by atoms with van der Waals surface area (Å²) in [5.74, 6) is 0. The fraction of sp³-hybridized carbons (Fsp3) is 0.500. The van der Waals surface area contributed by atoms with E-state index in [-0.39, 0.29) is 6.10 Å². The van der Waals surface area contributed by atoms with E-state index in [4.69, 9.17) is 9.47 Å². The fourth-order valence-corrected chi connectivity index (χ4v) is 0.521. The standard InChI is InChI=1S/C8H14O2/c1-4-6-9-7-8(3)10-5-2/h4-5,8H,1-2,6-7H2,3H3. The maximum atomic E-state index is 5.11. The lowest BCUT2D eigenvalue weighted by Gasteiger charge is -2.09. The van der Waals surface area contributed by atoms with Crippen LogP contribution >= 0.6 is 0 Å². The van der Waals surface area contributed by atoms with E-state index >= 15 is 0 Å². The molecule has 0 radical (unpaired) electrons. The zero-order valence-electron chi connectivity index (χ0n) is 6.38. The number of hydrogen-bond acceptors (Lipinski definition) is 2. The Kier molecular flexibility index (Phi) is 5.88. The molecule has 1 atom stereocenters. The van der Waals surface area contributed by atoms with Gasteiger partial charge in [0.1, 0.15) is 6.10 Å². The molecule has 58 valence electrons. The van der Waals surface area contributed by atoms with Gasteiger partial charge in [-0.2, -0.15) is 0 Å². The fourth-order valence-electron chi connectivity index (χ4n) is 0.521. The van der Waals surface area contributed by atoms with E-state index in [2.05, 4.69) is 13.2 Å². The molecule has 0 spiro atoms. The molecule has 0 amide bonds. The lowest BCUT2D eigenvalue weighted by atomic mass is 10.4. The van der Waals surface area contributed by atoms with Gasteiger partial charge in [0.15, 0.2) is 0 Å².